The minimum atomic E-state index is -0.372. The van der Waals surface area contributed by atoms with E-state index in [1.807, 2.05) is 6.07 Å². The Kier molecular flexibility index (Phi) is 2.61. The Bertz CT molecular complexity index is 578. The van der Waals surface area contributed by atoms with E-state index in [0.717, 1.165) is 10.9 Å². The van der Waals surface area contributed by atoms with Gasteiger partial charge in [-0.25, -0.2) is 9.64 Å². The molecular formula is C12H10N2O2. The highest BCUT2D eigenvalue weighted by Crippen LogP contribution is 2.22. The summed E-state index contributed by atoms with van der Waals surface area (Å²) in [6.07, 6.45) is 0. The lowest BCUT2D eigenvalue weighted by atomic mass is 10.2. The van der Waals surface area contributed by atoms with Crippen molar-refractivity contribution >= 4 is 22.6 Å². The van der Waals surface area contributed by atoms with Crippen LogP contribution < -0.4 is 0 Å². The van der Waals surface area contributed by atoms with Crippen molar-refractivity contribution in [2.75, 3.05) is 6.61 Å². The Balaban J connectivity index is 2.44. The van der Waals surface area contributed by atoms with E-state index in [9.17, 15) is 4.79 Å². The van der Waals surface area contributed by atoms with Gasteiger partial charge in [0.2, 0.25) is 0 Å². The molecule has 0 saturated heterocycles. The van der Waals surface area contributed by atoms with Crippen LogP contribution >= 0.6 is 0 Å². The molecule has 1 heterocycles. The topological polar surface area (TPSA) is 46.5 Å². The van der Waals surface area contributed by atoms with Crippen molar-refractivity contribution in [2.45, 2.75) is 6.92 Å². The van der Waals surface area contributed by atoms with Gasteiger partial charge in [-0.05, 0) is 24.4 Å². The van der Waals surface area contributed by atoms with Crippen LogP contribution in [0.3, 0.4) is 0 Å². The molecule has 1 N–H and O–H groups in total. The minimum Gasteiger partial charge on any atom is -0.461 e. The summed E-state index contributed by atoms with van der Waals surface area (Å²) in [5.41, 5.74) is 1.74. The molecule has 0 aliphatic heterocycles. The highest BCUT2D eigenvalue weighted by atomic mass is 16.5. The van der Waals surface area contributed by atoms with Gasteiger partial charge in [-0.1, -0.05) is 12.1 Å². The summed E-state index contributed by atoms with van der Waals surface area (Å²) in [5, 5.41) is 0.899. The quantitative estimate of drug-likeness (QED) is 0.617. The third-order valence-corrected chi connectivity index (χ3v) is 2.23. The van der Waals surface area contributed by atoms with E-state index in [-0.39, 0.29) is 5.97 Å². The zero-order valence-corrected chi connectivity index (χ0v) is 8.78. The van der Waals surface area contributed by atoms with Crippen molar-refractivity contribution < 1.29 is 9.53 Å². The van der Waals surface area contributed by atoms with Crippen LogP contribution in [0.5, 0.6) is 0 Å². The number of carbonyl (C=O) groups is 1. The van der Waals surface area contributed by atoms with Crippen LogP contribution in [-0.2, 0) is 4.74 Å². The number of hydrogen-bond donors (Lipinski definition) is 1. The maximum Gasteiger partial charge on any atom is 0.354 e. The number of nitrogens with one attached hydrogen (secondary N) is 1. The SMILES string of the molecule is [C-]#[N+]c1ccc2cc(C(=O)OCC)[nH]c2c1. The van der Waals surface area contributed by atoms with Crippen LogP contribution in [0, 0.1) is 6.57 Å². The molecule has 0 aliphatic carbocycles. The highest BCUT2D eigenvalue weighted by Gasteiger charge is 2.09. The molecular weight excluding hydrogens is 204 g/mol. The lowest BCUT2D eigenvalue weighted by Crippen LogP contribution is -2.04. The molecule has 0 fully saturated rings. The van der Waals surface area contributed by atoms with Crippen LogP contribution in [0.2, 0.25) is 0 Å². The van der Waals surface area contributed by atoms with Crippen molar-refractivity contribution in [1.82, 2.24) is 4.98 Å². The number of rotatable bonds is 2. The third kappa shape index (κ3) is 1.75. The smallest absolute Gasteiger partial charge is 0.354 e. The van der Waals surface area contributed by atoms with Gasteiger partial charge in [0.1, 0.15) is 5.69 Å². The molecule has 1 aromatic carbocycles. The monoisotopic (exact) mass is 214 g/mol. The zero-order chi connectivity index (χ0) is 11.5. The van der Waals surface area contributed by atoms with Crippen molar-refractivity contribution in [2.24, 2.45) is 0 Å². The molecule has 4 heteroatoms. The molecule has 80 valence electrons. The molecule has 0 aliphatic rings. The van der Waals surface area contributed by atoms with E-state index in [1.165, 1.54) is 0 Å². The lowest BCUT2D eigenvalue weighted by Gasteiger charge is -1.96. The zero-order valence-electron chi connectivity index (χ0n) is 8.78. The van der Waals surface area contributed by atoms with E-state index in [1.54, 1.807) is 25.1 Å². The van der Waals surface area contributed by atoms with Gasteiger partial charge in [0.15, 0.2) is 5.69 Å². The van der Waals surface area contributed by atoms with Gasteiger partial charge in [-0.15, -0.1) is 0 Å². The summed E-state index contributed by atoms with van der Waals surface area (Å²) in [6.45, 7) is 9.01. The van der Waals surface area contributed by atoms with E-state index < -0.39 is 0 Å². The normalized spacial score (nSPS) is 10.0. The first-order valence-electron chi connectivity index (χ1n) is 4.92. The summed E-state index contributed by atoms with van der Waals surface area (Å²) in [7, 11) is 0. The summed E-state index contributed by atoms with van der Waals surface area (Å²) >= 11 is 0. The minimum absolute atomic E-state index is 0.349. The molecule has 0 radical (unpaired) electrons. The van der Waals surface area contributed by atoms with Crippen LogP contribution in [0.15, 0.2) is 24.3 Å². The number of esters is 1. The fourth-order valence-corrected chi connectivity index (χ4v) is 1.50. The van der Waals surface area contributed by atoms with Gasteiger partial charge in [-0.2, -0.15) is 0 Å². The first-order valence-corrected chi connectivity index (χ1v) is 4.92. The molecule has 0 saturated carbocycles. The first kappa shape index (κ1) is 10.2. The molecule has 0 bridgehead atoms. The number of nitrogens with zero attached hydrogens (tertiary/aromatic N) is 1. The fourth-order valence-electron chi connectivity index (χ4n) is 1.50. The van der Waals surface area contributed by atoms with Crippen LogP contribution in [0.25, 0.3) is 15.7 Å². The lowest BCUT2D eigenvalue weighted by molar-refractivity contribution is 0.0520. The van der Waals surface area contributed by atoms with Gasteiger partial charge in [0.25, 0.3) is 0 Å². The molecule has 0 amide bonds. The fraction of sp³-hybridized carbons (Fsp3) is 0.167. The van der Waals surface area contributed by atoms with Crippen LogP contribution in [0.4, 0.5) is 5.69 Å². The first-order chi connectivity index (χ1) is 7.74. The number of benzene rings is 1. The van der Waals surface area contributed by atoms with E-state index in [2.05, 4.69) is 9.83 Å². The van der Waals surface area contributed by atoms with Crippen molar-refractivity contribution in [3.63, 3.8) is 0 Å². The molecule has 16 heavy (non-hydrogen) atoms. The molecule has 4 nitrogen and oxygen atoms in total. The molecule has 0 spiro atoms. The summed E-state index contributed by atoms with van der Waals surface area (Å²) in [4.78, 5) is 17.7. The molecule has 0 unspecified atom stereocenters. The predicted octanol–water partition coefficient (Wildman–Crippen LogP) is 2.90. The number of carbonyl (C=O) groups excluding carboxylic acids is 1. The molecule has 0 atom stereocenters. The number of ether oxygens (including phenoxy) is 1. The largest absolute Gasteiger partial charge is 0.461 e. The Hall–Kier alpha value is -2.28. The second kappa shape index (κ2) is 4.07. The van der Waals surface area contributed by atoms with Crippen molar-refractivity contribution in [3.8, 4) is 0 Å². The Morgan fingerprint density at radius 1 is 1.50 bits per heavy atom. The summed E-state index contributed by atoms with van der Waals surface area (Å²) in [6, 6.07) is 6.96. The average molecular weight is 214 g/mol. The Labute approximate surface area is 92.7 Å². The number of H-pyrrole nitrogens is 1. The number of fused-ring (bicyclic) bond motifs is 1. The summed E-state index contributed by atoms with van der Waals surface area (Å²) < 4.78 is 4.88. The van der Waals surface area contributed by atoms with Gasteiger partial charge in [0.05, 0.1) is 13.2 Å². The van der Waals surface area contributed by atoms with Gasteiger partial charge >= 0.3 is 5.97 Å². The van der Waals surface area contributed by atoms with Crippen molar-refractivity contribution in [1.29, 1.82) is 0 Å². The van der Waals surface area contributed by atoms with Gasteiger partial charge in [-0.3, -0.25) is 0 Å². The Morgan fingerprint density at radius 2 is 2.31 bits per heavy atom. The van der Waals surface area contributed by atoms with Crippen LogP contribution in [-0.4, -0.2) is 17.6 Å². The molecule has 1 aromatic heterocycles. The van der Waals surface area contributed by atoms with E-state index in [0.29, 0.717) is 18.0 Å². The second-order valence-corrected chi connectivity index (χ2v) is 3.29. The third-order valence-electron chi connectivity index (χ3n) is 2.23. The van der Waals surface area contributed by atoms with Gasteiger partial charge < -0.3 is 9.72 Å². The standard InChI is InChI=1S/C12H10N2O2/c1-3-16-12(15)11-6-8-4-5-9(13-2)7-10(8)14-11/h4-7,14H,3H2,1H3. The second-order valence-electron chi connectivity index (χ2n) is 3.29. The maximum absolute atomic E-state index is 11.5. The number of aromatic nitrogens is 1. The maximum atomic E-state index is 11.5. The molecule has 2 aromatic rings. The number of aromatic amines is 1. The average Bonchev–Trinajstić information content (AvgIpc) is 2.71. The van der Waals surface area contributed by atoms with E-state index >= 15 is 0 Å². The number of hydrogen-bond acceptors (Lipinski definition) is 2. The highest BCUT2D eigenvalue weighted by molar-refractivity contribution is 5.95. The van der Waals surface area contributed by atoms with Crippen LogP contribution in [0.1, 0.15) is 17.4 Å². The predicted molar refractivity (Wildman–Crippen MR) is 60.5 cm³/mol. The van der Waals surface area contributed by atoms with E-state index in [4.69, 9.17) is 11.3 Å². The van der Waals surface area contributed by atoms with Crippen molar-refractivity contribution in [3.05, 3.63) is 41.4 Å². The molecule has 2 rings (SSSR count). The summed E-state index contributed by atoms with van der Waals surface area (Å²) in [5.74, 6) is -0.372. The van der Waals surface area contributed by atoms with Gasteiger partial charge in [0, 0.05) is 5.52 Å². The Morgan fingerprint density at radius 3 is 3.00 bits per heavy atom.